The lowest BCUT2D eigenvalue weighted by Crippen LogP contribution is -2.23. The number of ether oxygens (including phenoxy) is 2. The van der Waals surface area contributed by atoms with Crippen LogP contribution in [0.5, 0.6) is 11.6 Å². The van der Waals surface area contributed by atoms with Crippen LogP contribution in [-0.2, 0) is 0 Å². The van der Waals surface area contributed by atoms with Crippen molar-refractivity contribution in [2.75, 3.05) is 6.61 Å². The molecule has 2 aromatic carbocycles. The number of hydrogen-bond donors (Lipinski definition) is 0. The summed E-state index contributed by atoms with van der Waals surface area (Å²) in [4.78, 5) is 12.4. The van der Waals surface area contributed by atoms with E-state index in [1.54, 1.807) is 16.9 Å². The van der Waals surface area contributed by atoms with E-state index in [-0.39, 0.29) is 11.8 Å². The van der Waals surface area contributed by atoms with Crippen molar-refractivity contribution in [3.63, 3.8) is 0 Å². The minimum Gasteiger partial charge on any atom is -0.489 e. The number of hydrogen-bond acceptors (Lipinski definition) is 3. The van der Waals surface area contributed by atoms with Gasteiger partial charge in [-0.15, -0.1) is 0 Å². The average molecular weight is 431 g/mol. The molecule has 1 unspecified atom stereocenters. The molecule has 3 aromatic rings. The van der Waals surface area contributed by atoms with Crippen LogP contribution in [0, 0.1) is 0 Å². The molecule has 3 heterocycles. The van der Waals surface area contributed by atoms with Gasteiger partial charge in [0.15, 0.2) is 0 Å². The summed E-state index contributed by atoms with van der Waals surface area (Å²) < 4.78 is 14.4. The van der Waals surface area contributed by atoms with Crippen LogP contribution in [-0.4, -0.2) is 17.1 Å². The quantitative estimate of drug-likeness (QED) is 0.472. The topological polar surface area (TPSA) is 40.5 Å². The number of benzene rings is 2. The Hall–Kier alpha value is -2.24. The summed E-state index contributed by atoms with van der Waals surface area (Å²) in [5.74, 6) is 1.26. The molecule has 4 nitrogen and oxygen atoms in total. The SMILES string of the molecule is CC(=O)n1c2c(c3ccc(Cl)cc31)C1C(=CO2)COc2ccc(Br)cc21. The third-order valence-corrected chi connectivity index (χ3v) is 5.63. The van der Waals surface area contributed by atoms with Crippen molar-refractivity contribution in [2.24, 2.45) is 0 Å². The van der Waals surface area contributed by atoms with Gasteiger partial charge in [-0.2, -0.15) is 0 Å². The van der Waals surface area contributed by atoms with E-state index < -0.39 is 0 Å². The van der Waals surface area contributed by atoms with E-state index >= 15 is 0 Å². The van der Waals surface area contributed by atoms with Crippen LogP contribution >= 0.6 is 27.5 Å². The zero-order valence-corrected chi connectivity index (χ0v) is 16.1. The van der Waals surface area contributed by atoms with Gasteiger partial charge in [0, 0.05) is 44.4 Å². The Balaban J connectivity index is 1.87. The van der Waals surface area contributed by atoms with Crippen LogP contribution in [0.3, 0.4) is 0 Å². The molecule has 5 rings (SSSR count). The lowest BCUT2D eigenvalue weighted by molar-refractivity contribution is 0.0933. The minimum atomic E-state index is -0.114. The molecule has 0 saturated heterocycles. The number of fused-ring (bicyclic) bond motifs is 7. The van der Waals surface area contributed by atoms with Crippen molar-refractivity contribution in [1.29, 1.82) is 0 Å². The minimum absolute atomic E-state index is 0.0238. The van der Waals surface area contributed by atoms with Crippen LogP contribution in [0.25, 0.3) is 10.9 Å². The van der Waals surface area contributed by atoms with E-state index in [1.165, 1.54) is 6.92 Å². The van der Waals surface area contributed by atoms with Crippen molar-refractivity contribution in [1.82, 2.24) is 4.57 Å². The zero-order chi connectivity index (χ0) is 18.0. The zero-order valence-electron chi connectivity index (χ0n) is 13.8. The molecule has 1 atom stereocenters. The van der Waals surface area contributed by atoms with Crippen LogP contribution in [0.4, 0.5) is 0 Å². The molecular weight excluding hydrogens is 418 g/mol. The monoisotopic (exact) mass is 429 g/mol. The molecule has 0 saturated carbocycles. The molecule has 130 valence electrons. The van der Waals surface area contributed by atoms with Gasteiger partial charge >= 0.3 is 0 Å². The third kappa shape index (κ3) is 2.17. The van der Waals surface area contributed by atoms with Gasteiger partial charge in [0.05, 0.1) is 11.8 Å². The van der Waals surface area contributed by atoms with Crippen LogP contribution < -0.4 is 9.47 Å². The lowest BCUT2D eigenvalue weighted by Gasteiger charge is -2.31. The molecule has 2 aliphatic heterocycles. The van der Waals surface area contributed by atoms with E-state index in [4.69, 9.17) is 21.1 Å². The second-order valence-corrected chi connectivity index (χ2v) is 7.80. The maximum Gasteiger partial charge on any atom is 0.230 e. The second kappa shape index (κ2) is 5.63. The third-order valence-electron chi connectivity index (χ3n) is 4.90. The Morgan fingerprint density at radius 3 is 2.92 bits per heavy atom. The Kier molecular flexibility index (Phi) is 3.46. The van der Waals surface area contributed by atoms with Gasteiger partial charge in [-0.25, -0.2) is 4.57 Å². The number of halogens is 2. The molecule has 0 amide bonds. The molecule has 2 aliphatic rings. The van der Waals surface area contributed by atoms with Gasteiger partial charge in [-0.05, 0) is 30.3 Å². The summed E-state index contributed by atoms with van der Waals surface area (Å²) in [5.41, 5.74) is 3.82. The lowest BCUT2D eigenvalue weighted by atomic mass is 9.82. The van der Waals surface area contributed by atoms with Crippen molar-refractivity contribution in [2.45, 2.75) is 12.8 Å². The molecule has 0 fully saturated rings. The first kappa shape index (κ1) is 16.0. The van der Waals surface area contributed by atoms with Crippen molar-refractivity contribution in [3.8, 4) is 11.6 Å². The number of carbonyl (C=O) groups is 1. The Bertz CT molecular complexity index is 1130. The molecule has 1 aromatic heterocycles. The Morgan fingerprint density at radius 1 is 1.27 bits per heavy atom. The van der Waals surface area contributed by atoms with Crippen molar-refractivity contribution in [3.05, 3.63) is 68.9 Å². The smallest absolute Gasteiger partial charge is 0.230 e. The van der Waals surface area contributed by atoms with Crippen LogP contribution in [0.15, 0.2) is 52.7 Å². The van der Waals surface area contributed by atoms with Crippen molar-refractivity contribution < 1.29 is 14.3 Å². The standard InChI is InChI=1S/C20H13BrClNO3/c1-10(24)23-16-7-13(22)3-4-14(16)19-18-11(9-26-20(19)23)8-25-17-5-2-12(21)6-15(17)18/h2-7,9,18H,8H2,1H3. The summed E-state index contributed by atoms with van der Waals surface area (Å²) in [6.07, 6.45) is 1.71. The fourth-order valence-electron chi connectivity index (χ4n) is 3.87. The summed E-state index contributed by atoms with van der Waals surface area (Å²) in [6.45, 7) is 1.98. The fourth-order valence-corrected chi connectivity index (χ4v) is 4.41. The predicted molar refractivity (Wildman–Crippen MR) is 103 cm³/mol. The number of nitrogens with zero attached hydrogens (tertiary/aromatic N) is 1. The van der Waals surface area contributed by atoms with Gasteiger partial charge < -0.3 is 9.47 Å². The molecule has 0 N–H and O–H groups in total. The molecule has 0 aliphatic carbocycles. The van der Waals surface area contributed by atoms with E-state index in [0.717, 1.165) is 37.8 Å². The van der Waals surface area contributed by atoms with Crippen LogP contribution in [0.2, 0.25) is 5.02 Å². The molecule has 6 heteroatoms. The Morgan fingerprint density at radius 2 is 2.12 bits per heavy atom. The van der Waals surface area contributed by atoms with E-state index in [0.29, 0.717) is 17.5 Å². The average Bonchev–Trinajstić information content (AvgIpc) is 2.94. The second-order valence-electron chi connectivity index (χ2n) is 6.45. The highest BCUT2D eigenvalue weighted by Gasteiger charge is 2.37. The maximum atomic E-state index is 12.4. The summed E-state index contributed by atoms with van der Waals surface area (Å²) >= 11 is 9.75. The first-order valence-corrected chi connectivity index (χ1v) is 9.34. The molecule has 0 bridgehead atoms. The highest BCUT2D eigenvalue weighted by Crippen LogP contribution is 2.51. The first-order chi connectivity index (χ1) is 12.5. The predicted octanol–water partition coefficient (Wildman–Crippen LogP) is 5.52. The van der Waals surface area contributed by atoms with E-state index in [1.807, 2.05) is 24.3 Å². The summed E-state index contributed by atoms with van der Waals surface area (Å²) in [7, 11) is 0. The van der Waals surface area contributed by atoms with Gasteiger partial charge in [0.1, 0.15) is 12.4 Å². The van der Waals surface area contributed by atoms with Crippen LogP contribution in [0.1, 0.15) is 28.8 Å². The number of rotatable bonds is 0. The molecule has 26 heavy (non-hydrogen) atoms. The highest BCUT2D eigenvalue weighted by atomic mass is 79.9. The summed E-state index contributed by atoms with van der Waals surface area (Å²) in [6, 6.07) is 11.6. The molecule has 0 spiro atoms. The number of carbonyl (C=O) groups excluding carboxylic acids is 1. The maximum absolute atomic E-state index is 12.4. The molecular formula is C20H13BrClNO3. The van der Waals surface area contributed by atoms with E-state index in [2.05, 4.69) is 22.0 Å². The van der Waals surface area contributed by atoms with Gasteiger partial charge in [0.25, 0.3) is 0 Å². The first-order valence-electron chi connectivity index (χ1n) is 8.17. The van der Waals surface area contributed by atoms with Gasteiger partial charge in [-0.1, -0.05) is 33.6 Å². The number of aromatic nitrogens is 1. The van der Waals surface area contributed by atoms with Gasteiger partial charge in [0.2, 0.25) is 11.8 Å². The largest absolute Gasteiger partial charge is 0.489 e. The highest BCUT2D eigenvalue weighted by molar-refractivity contribution is 9.10. The van der Waals surface area contributed by atoms with E-state index in [9.17, 15) is 4.79 Å². The fraction of sp³-hybridized carbons (Fsp3) is 0.150. The Labute approximate surface area is 163 Å². The normalized spacial score (nSPS) is 17.5. The van der Waals surface area contributed by atoms with Crippen molar-refractivity contribution >= 4 is 44.3 Å². The summed E-state index contributed by atoms with van der Waals surface area (Å²) in [5, 5.41) is 1.54. The van der Waals surface area contributed by atoms with Gasteiger partial charge in [-0.3, -0.25) is 4.79 Å². The molecule has 0 radical (unpaired) electrons.